The summed E-state index contributed by atoms with van der Waals surface area (Å²) in [4.78, 5) is 13.7. The van der Waals surface area contributed by atoms with Gasteiger partial charge in [-0.25, -0.2) is 0 Å². The highest BCUT2D eigenvalue weighted by Gasteiger charge is 2.47. The molecule has 1 aliphatic heterocycles. The molecule has 1 aliphatic rings. The molecule has 1 aromatic carbocycles. The lowest BCUT2D eigenvalue weighted by atomic mass is 9.76. The molecule has 1 saturated heterocycles. The van der Waals surface area contributed by atoms with Crippen molar-refractivity contribution in [1.82, 2.24) is 0 Å². The first-order chi connectivity index (χ1) is 8.62. The third-order valence-electron chi connectivity index (χ3n) is 3.01. The first-order valence-electron chi connectivity index (χ1n) is 5.33. The number of benzene rings is 1. The molecule has 0 N–H and O–H groups in total. The van der Waals surface area contributed by atoms with E-state index in [1.54, 1.807) is 17.1 Å². The van der Waals surface area contributed by atoms with Crippen molar-refractivity contribution < 1.29 is 9.53 Å². The average Bonchev–Trinajstić information content (AvgIpc) is 2.69. The van der Waals surface area contributed by atoms with Crippen molar-refractivity contribution in [3.8, 4) is 12.3 Å². The number of carbonyl (C=O) groups is 1. The quantitative estimate of drug-likeness (QED) is 0.611. The van der Waals surface area contributed by atoms with Crippen LogP contribution < -0.4 is 0 Å². The maximum absolute atomic E-state index is 12.1. The summed E-state index contributed by atoms with van der Waals surface area (Å²) in [5, 5.41) is 0.622. The van der Waals surface area contributed by atoms with Crippen LogP contribution in [-0.4, -0.2) is 5.97 Å². The van der Waals surface area contributed by atoms with Crippen molar-refractivity contribution in [3.05, 3.63) is 45.6 Å². The standard InChI is InChI=1S/C14H10BrClO2/c1-2-7-14(8-12(9-15)18-13(14)17)10-3-5-11(16)6-4-10/h1,3-6,9H,7-8H2/b12-9+/t14-/m1/s1. The van der Waals surface area contributed by atoms with Crippen LogP contribution in [0.15, 0.2) is 35.0 Å². The summed E-state index contributed by atoms with van der Waals surface area (Å²) in [7, 11) is 0. The van der Waals surface area contributed by atoms with E-state index in [-0.39, 0.29) is 5.97 Å². The molecule has 0 aromatic heterocycles. The van der Waals surface area contributed by atoms with E-state index in [0.717, 1.165) is 5.56 Å². The van der Waals surface area contributed by atoms with Crippen LogP contribution >= 0.6 is 27.5 Å². The summed E-state index contributed by atoms with van der Waals surface area (Å²) in [6, 6.07) is 7.13. The molecule has 92 valence electrons. The van der Waals surface area contributed by atoms with Crippen LogP contribution in [0.1, 0.15) is 18.4 Å². The Morgan fingerprint density at radius 1 is 1.50 bits per heavy atom. The number of rotatable bonds is 2. The number of cyclic esters (lactones) is 1. The molecular formula is C14H10BrClO2. The number of allylic oxidation sites excluding steroid dienone is 1. The second-order valence-corrected chi connectivity index (χ2v) is 5.01. The minimum Gasteiger partial charge on any atom is -0.430 e. The van der Waals surface area contributed by atoms with Gasteiger partial charge in [-0.1, -0.05) is 39.7 Å². The van der Waals surface area contributed by atoms with Crippen LogP contribution in [-0.2, 0) is 14.9 Å². The van der Waals surface area contributed by atoms with E-state index in [2.05, 4.69) is 21.9 Å². The monoisotopic (exact) mass is 324 g/mol. The zero-order chi connectivity index (χ0) is 13.2. The van der Waals surface area contributed by atoms with Crippen LogP contribution in [0.5, 0.6) is 0 Å². The largest absolute Gasteiger partial charge is 0.430 e. The van der Waals surface area contributed by atoms with Crippen molar-refractivity contribution in [3.63, 3.8) is 0 Å². The maximum Gasteiger partial charge on any atom is 0.323 e. The minimum absolute atomic E-state index is 0.303. The lowest BCUT2D eigenvalue weighted by Gasteiger charge is -2.22. The highest BCUT2D eigenvalue weighted by molar-refractivity contribution is 9.11. The van der Waals surface area contributed by atoms with Gasteiger partial charge in [0.1, 0.15) is 11.2 Å². The fourth-order valence-electron chi connectivity index (χ4n) is 2.08. The molecule has 0 radical (unpaired) electrons. The predicted octanol–water partition coefficient (Wildman–Crippen LogP) is 3.78. The maximum atomic E-state index is 12.1. The molecule has 2 nitrogen and oxygen atoms in total. The van der Waals surface area contributed by atoms with Gasteiger partial charge in [0.2, 0.25) is 0 Å². The molecule has 0 aliphatic carbocycles. The summed E-state index contributed by atoms with van der Waals surface area (Å²) < 4.78 is 5.21. The van der Waals surface area contributed by atoms with Crippen LogP contribution in [0.2, 0.25) is 5.02 Å². The van der Waals surface area contributed by atoms with Gasteiger partial charge in [-0.3, -0.25) is 4.79 Å². The number of hydrogen-bond acceptors (Lipinski definition) is 2. The number of ether oxygens (including phenoxy) is 1. The van der Waals surface area contributed by atoms with Crippen LogP contribution in [0, 0.1) is 12.3 Å². The van der Waals surface area contributed by atoms with Crippen molar-refractivity contribution in [2.24, 2.45) is 0 Å². The van der Waals surface area contributed by atoms with E-state index in [1.165, 1.54) is 0 Å². The molecule has 0 unspecified atom stereocenters. The summed E-state index contributed by atoms with van der Waals surface area (Å²) in [6.45, 7) is 0. The van der Waals surface area contributed by atoms with Gasteiger partial charge in [-0.15, -0.1) is 12.3 Å². The fourth-order valence-corrected chi connectivity index (χ4v) is 2.46. The molecule has 1 aromatic rings. The Kier molecular flexibility index (Phi) is 3.79. The molecule has 0 bridgehead atoms. The molecule has 1 fully saturated rings. The molecular weight excluding hydrogens is 316 g/mol. The second kappa shape index (κ2) is 5.17. The molecule has 1 atom stereocenters. The van der Waals surface area contributed by atoms with Crippen LogP contribution in [0.25, 0.3) is 0 Å². The molecule has 4 heteroatoms. The zero-order valence-corrected chi connectivity index (χ0v) is 11.8. The predicted molar refractivity (Wildman–Crippen MR) is 74.3 cm³/mol. The molecule has 1 heterocycles. The third kappa shape index (κ3) is 2.19. The van der Waals surface area contributed by atoms with E-state index in [9.17, 15) is 4.79 Å². The van der Waals surface area contributed by atoms with Gasteiger partial charge in [-0.2, -0.15) is 0 Å². The van der Waals surface area contributed by atoms with E-state index >= 15 is 0 Å². The lowest BCUT2D eigenvalue weighted by Crippen LogP contribution is -2.31. The molecule has 0 saturated carbocycles. The topological polar surface area (TPSA) is 26.3 Å². The van der Waals surface area contributed by atoms with E-state index in [0.29, 0.717) is 23.6 Å². The number of terminal acetylenes is 1. The summed E-state index contributed by atoms with van der Waals surface area (Å²) in [5.74, 6) is 2.84. The smallest absolute Gasteiger partial charge is 0.323 e. The van der Waals surface area contributed by atoms with Crippen LogP contribution in [0.4, 0.5) is 0 Å². The first kappa shape index (κ1) is 13.2. The van der Waals surface area contributed by atoms with Gasteiger partial charge in [0.25, 0.3) is 0 Å². The van der Waals surface area contributed by atoms with Gasteiger partial charge in [0.15, 0.2) is 0 Å². The number of carbonyl (C=O) groups excluding carboxylic acids is 1. The normalized spacial score (nSPS) is 24.9. The van der Waals surface area contributed by atoms with Gasteiger partial charge in [0, 0.05) is 22.8 Å². The van der Waals surface area contributed by atoms with Gasteiger partial charge in [0.05, 0.1) is 0 Å². The van der Waals surface area contributed by atoms with Crippen molar-refractivity contribution >= 4 is 33.5 Å². The van der Waals surface area contributed by atoms with Gasteiger partial charge in [-0.05, 0) is 17.7 Å². The first-order valence-corrected chi connectivity index (χ1v) is 6.63. The zero-order valence-electron chi connectivity index (χ0n) is 9.45. The molecule has 0 amide bonds. The molecule has 2 rings (SSSR count). The summed E-state index contributed by atoms with van der Waals surface area (Å²) >= 11 is 9.04. The van der Waals surface area contributed by atoms with E-state index in [4.69, 9.17) is 22.8 Å². The molecule has 0 spiro atoms. The second-order valence-electron chi connectivity index (χ2n) is 4.11. The van der Waals surface area contributed by atoms with Crippen molar-refractivity contribution in [2.75, 3.05) is 0 Å². The Hall–Kier alpha value is -1.24. The third-order valence-corrected chi connectivity index (χ3v) is 3.78. The number of hydrogen-bond donors (Lipinski definition) is 0. The SMILES string of the molecule is C#CC[C@]1(c2ccc(Cl)cc2)C/C(=C\Br)OC1=O. The van der Waals surface area contributed by atoms with Crippen molar-refractivity contribution in [2.45, 2.75) is 18.3 Å². The van der Waals surface area contributed by atoms with Crippen LogP contribution in [0.3, 0.4) is 0 Å². The highest BCUT2D eigenvalue weighted by Crippen LogP contribution is 2.42. The molecule has 18 heavy (non-hydrogen) atoms. The van der Waals surface area contributed by atoms with Gasteiger partial charge >= 0.3 is 5.97 Å². The highest BCUT2D eigenvalue weighted by atomic mass is 79.9. The Bertz CT molecular complexity index is 542. The minimum atomic E-state index is -0.793. The van der Waals surface area contributed by atoms with Crippen molar-refractivity contribution in [1.29, 1.82) is 0 Å². The average molecular weight is 326 g/mol. The lowest BCUT2D eigenvalue weighted by molar-refractivity contribution is -0.140. The number of halogens is 2. The summed E-state index contributed by atoms with van der Waals surface area (Å²) in [6.07, 6.45) is 6.16. The van der Waals surface area contributed by atoms with E-state index < -0.39 is 5.41 Å². The fraction of sp³-hybridized carbons (Fsp3) is 0.214. The Labute approximate surface area is 119 Å². The number of esters is 1. The Morgan fingerprint density at radius 2 is 2.17 bits per heavy atom. The van der Waals surface area contributed by atoms with E-state index in [1.807, 2.05) is 12.1 Å². The Balaban J connectivity index is 2.49. The Morgan fingerprint density at radius 3 is 2.67 bits per heavy atom. The van der Waals surface area contributed by atoms with Gasteiger partial charge < -0.3 is 4.74 Å². The summed E-state index contributed by atoms with van der Waals surface area (Å²) in [5.41, 5.74) is 0.0399.